The predicted octanol–water partition coefficient (Wildman–Crippen LogP) is 6.76. The Morgan fingerprint density at radius 1 is 0.528 bits per heavy atom. The minimum Gasteiger partial charge on any atom is -0.207 e. The molecule has 2 nitrogen and oxygen atoms in total. The molecule has 36 heavy (non-hydrogen) atoms. The third kappa shape index (κ3) is 5.41. The highest BCUT2D eigenvalue weighted by Gasteiger charge is 2.12. The lowest BCUT2D eigenvalue weighted by Crippen LogP contribution is -2.33. The summed E-state index contributed by atoms with van der Waals surface area (Å²) in [6, 6.07) is 28.6. The Bertz CT molecular complexity index is 1370. The molecule has 0 atom stereocenters. The van der Waals surface area contributed by atoms with Gasteiger partial charge in [0.15, 0.2) is 37.9 Å². The van der Waals surface area contributed by atoms with E-state index in [1.54, 1.807) is 0 Å². The summed E-state index contributed by atoms with van der Waals surface area (Å²) in [7, 11) is 0. The highest BCUT2D eigenvalue weighted by atomic mass is 19.1. The number of halogens is 1. The van der Waals surface area contributed by atoms with Crippen molar-refractivity contribution in [1.29, 1.82) is 0 Å². The van der Waals surface area contributed by atoms with E-state index in [9.17, 15) is 4.39 Å². The van der Waals surface area contributed by atoms with Crippen molar-refractivity contribution in [2.75, 3.05) is 0 Å². The van der Waals surface area contributed by atoms with Crippen LogP contribution in [-0.4, -0.2) is 0 Å². The first kappa shape index (κ1) is 23.6. The standard InChI is InChI=1S/C33H31FN2/c1-24-4-6-27(7-5-24)22-35-18-16-32(25(2)20-35)29-10-12-30(13-11-29)33-17-19-36(21-26(33)3)23-28-8-14-31(34)15-9-28/h4-21H,22-23H2,1-3H3/q+2. The van der Waals surface area contributed by atoms with Crippen molar-refractivity contribution >= 4 is 0 Å². The quantitative estimate of drug-likeness (QED) is 0.240. The van der Waals surface area contributed by atoms with Crippen molar-refractivity contribution in [2.45, 2.75) is 33.9 Å². The summed E-state index contributed by atoms with van der Waals surface area (Å²) in [6.45, 7) is 8.02. The van der Waals surface area contributed by atoms with Crippen molar-refractivity contribution in [2.24, 2.45) is 0 Å². The van der Waals surface area contributed by atoms with Crippen LogP contribution in [0.15, 0.2) is 110 Å². The van der Waals surface area contributed by atoms with Gasteiger partial charge in [0.25, 0.3) is 0 Å². The molecule has 0 aliphatic rings. The molecule has 0 spiro atoms. The molecular formula is C33H31FN2+2. The summed E-state index contributed by atoms with van der Waals surface area (Å²) >= 11 is 0. The average molecular weight is 475 g/mol. The highest BCUT2D eigenvalue weighted by molar-refractivity contribution is 5.72. The first-order valence-electron chi connectivity index (χ1n) is 12.3. The SMILES string of the molecule is Cc1ccc(C[n+]2ccc(-c3ccc(-c4cc[n+](Cc5ccc(F)cc5)cc4C)cc3)c(C)c2)cc1. The minimum atomic E-state index is -0.203. The monoisotopic (exact) mass is 474 g/mol. The molecule has 0 aliphatic heterocycles. The van der Waals surface area contributed by atoms with Crippen LogP contribution < -0.4 is 9.13 Å². The van der Waals surface area contributed by atoms with Crippen LogP contribution in [0.5, 0.6) is 0 Å². The van der Waals surface area contributed by atoms with E-state index >= 15 is 0 Å². The van der Waals surface area contributed by atoms with Gasteiger partial charge in [-0.2, -0.15) is 0 Å². The number of aromatic nitrogens is 2. The van der Waals surface area contributed by atoms with Crippen molar-refractivity contribution in [1.82, 2.24) is 0 Å². The smallest absolute Gasteiger partial charge is 0.173 e. The van der Waals surface area contributed by atoms with E-state index in [0.29, 0.717) is 0 Å². The van der Waals surface area contributed by atoms with E-state index in [0.717, 1.165) is 18.7 Å². The Hall–Kier alpha value is -4.11. The summed E-state index contributed by atoms with van der Waals surface area (Å²) in [5.41, 5.74) is 11.0. The van der Waals surface area contributed by atoms with Crippen LogP contribution in [0.3, 0.4) is 0 Å². The van der Waals surface area contributed by atoms with E-state index in [-0.39, 0.29) is 5.82 Å². The number of rotatable bonds is 6. The lowest BCUT2D eigenvalue weighted by Gasteiger charge is -2.09. The maximum Gasteiger partial charge on any atom is 0.173 e. The average Bonchev–Trinajstić information content (AvgIpc) is 2.87. The van der Waals surface area contributed by atoms with Crippen LogP contribution in [0.1, 0.15) is 27.8 Å². The van der Waals surface area contributed by atoms with Gasteiger partial charge in [0.1, 0.15) is 5.82 Å². The number of pyridine rings is 2. The number of aryl methyl sites for hydroxylation is 3. The molecule has 0 amide bonds. The molecule has 0 radical (unpaired) electrons. The fourth-order valence-corrected chi connectivity index (χ4v) is 4.70. The second kappa shape index (κ2) is 10.2. The van der Waals surface area contributed by atoms with Crippen molar-refractivity contribution < 1.29 is 13.5 Å². The maximum absolute atomic E-state index is 13.2. The predicted molar refractivity (Wildman–Crippen MR) is 143 cm³/mol. The molecule has 0 N–H and O–H groups in total. The van der Waals surface area contributed by atoms with E-state index in [1.807, 2.05) is 12.1 Å². The molecule has 0 saturated carbocycles. The Morgan fingerprint density at radius 2 is 0.944 bits per heavy atom. The molecule has 0 unspecified atom stereocenters. The minimum absolute atomic E-state index is 0.203. The molecule has 178 valence electrons. The lowest BCUT2D eigenvalue weighted by atomic mass is 9.97. The summed E-state index contributed by atoms with van der Waals surface area (Å²) in [6.07, 6.45) is 8.64. The van der Waals surface area contributed by atoms with Gasteiger partial charge in [-0.3, -0.25) is 0 Å². The van der Waals surface area contributed by atoms with Gasteiger partial charge >= 0.3 is 0 Å². The molecule has 3 heteroatoms. The third-order valence-corrected chi connectivity index (χ3v) is 6.71. The zero-order valence-corrected chi connectivity index (χ0v) is 21.1. The molecule has 2 heterocycles. The van der Waals surface area contributed by atoms with Crippen LogP contribution in [0.25, 0.3) is 22.3 Å². The second-order valence-corrected chi connectivity index (χ2v) is 9.62. The van der Waals surface area contributed by atoms with Crippen molar-refractivity contribution in [3.63, 3.8) is 0 Å². The van der Waals surface area contributed by atoms with Crippen LogP contribution in [0.4, 0.5) is 4.39 Å². The molecule has 0 aliphatic carbocycles. The normalized spacial score (nSPS) is 11.0. The lowest BCUT2D eigenvalue weighted by molar-refractivity contribution is -0.688. The number of hydrogen-bond acceptors (Lipinski definition) is 0. The Balaban J connectivity index is 1.31. The second-order valence-electron chi connectivity index (χ2n) is 9.62. The Morgan fingerprint density at radius 3 is 1.36 bits per heavy atom. The highest BCUT2D eigenvalue weighted by Crippen LogP contribution is 2.27. The molecule has 0 bridgehead atoms. The molecule has 3 aromatic carbocycles. The maximum atomic E-state index is 13.2. The largest absolute Gasteiger partial charge is 0.207 e. The fraction of sp³-hybridized carbons (Fsp3) is 0.152. The van der Waals surface area contributed by atoms with Crippen LogP contribution >= 0.6 is 0 Å². The first-order chi connectivity index (χ1) is 17.4. The first-order valence-corrected chi connectivity index (χ1v) is 12.3. The molecule has 2 aromatic heterocycles. The Labute approximate surface area is 213 Å². The van der Waals surface area contributed by atoms with Gasteiger partial charge in [-0.05, 0) is 67.3 Å². The van der Waals surface area contributed by atoms with E-state index < -0.39 is 0 Å². The molecule has 0 saturated heterocycles. The van der Waals surface area contributed by atoms with E-state index in [4.69, 9.17) is 0 Å². The topological polar surface area (TPSA) is 7.76 Å². The summed E-state index contributed by atoms with van der Waals surface area (Å²) < 4.78 is 17.6. The number of hydrogen-bond donors (Lipinski definition) is 0. The van der Waals surface area contributed by atoms with Crippen molar-refractivity contribution in [3.05, 3.63) is 143 Å². The number of nitrogens with zero attached hydrogens (tertiary/aromatic N) is 2. The molecule has 5 aromatic rings. The van der Waals surface area contributed by atoms with Gasteiger partial charge in [-0.15, -0.1) is 0 Å². The van der Waals surface area contributed by atoms with E-state index in [2.05, 4.69) is 115 Å². The van der Waals surface area contributed by atoms with Gasteiger partial charge in [0, 0.05) is 34.4 Å². The molecule has 5 rings (SSSR count). The van der Waals surface area contributed by atoms with Gasteiger partial charge in [-0.1, -0.05) is 54.1 Å². The zero-order chi connectivity index (χ0) is 25.1. The van der Waals surface area contributed by atoms with Gasteiger partial charge in [0.05, 0.1) is 0 Å². The summed E-state index contributed by atoms with van der Waals surface area (Å²) in [5.74, 6) is -0.203. The van der Waals surface area contributed by atoms with Crippen molar-refractivity contribution in [3.8, 4) is 22.3 Å². The zero-order valence-electron chi connectivity index (χ0n) is 21.1. The number of benzene rings is 3. The van der Waals surface area contributed by atoms with Crippen LogP contribution in [0, 0.1) is 26.6 Å². The van der Waals surface area contributed by atoms with Gasteiger partial charge < -0.3 is 0 Å². The summed E-state index contributed by atoms with van der Waals surface area (Å²) in [4.78, 5) is 0. The van der Waals surface area contributed by atoms with Gasteiger partial charge in [-0.25, -0.2) is 13.5 Å². The van der Waals surface area contributed by atoms with Crippen LogP contribution in [-0.2, 0) is 13.1 Å². The summed E-state index contributed by atoms with van der Waals surface area (Å²) in [5, 5.41) is 0. The Kier molecular flexibility index (Phi) is 6.73. The third-order valence-electron chi connectivity index (χ3n) is 6.71. The molecule has 0 fully saturated rings. The molecular weight excluding hydrogens is 443 g/mol. The fourth-order valence-electron chi connectivity index (χ4n) is 4.70. The van der Waals surface area contributed by atoms with Crippen LogP contribution in [0.2, 0.25) is 0 Å². The van der Waals surface area contributed by atoms with Gasteiger partial charge in [0.2, 0.25) is 0 Å². The van der Waals surface area contributed by atoms with E-state index in [1.165, 1.54) is 56.6 Å².